The zero-order valence-corrected chi connectivity index (χ0v) is 13.8. The maximum atomic E-state index is 11.6. The van der Waals surface area contributed by atoms with Gasteiger partial charge in [0.15, 0.2) is 0 Å². The molecule has 1 unspecified atom stereocenters. The minimum atomic E-state index is -0.437. The standard InChI is InChI=1S/C18H17NO4S/c20-17-16(19-18(21)24-17)12-13-6-8-15(9-7-13)23-11-10-22-14-4-2-1-3-5-14/h1-9,16H,10-12H2,(H,19,21). The van der Waals surface area contributed by atoms with E-state index in [9.17, 15) is 9.59 Å². The van der Waals surface area contributed by atoms with Crippen LogP contribution in [0.2, 0.25) is 0 Å². The highest BCUT2D eigenvalue weighted by Gasteiger charge is 2.31. The van der Waals surface area contributed by atoms with Gasteiger partial charge in [-0.2, -0.15) is 0 Å². The molecule has 1 aliphatic heterocycles. The number of para-hydroxylation sites is 1. The Morgan fingerprint density at radius 3 is 2.08 bits per heavy atom. The molecule has 1 heterocycles. The number of ether oxygens (including phenoxy) is 2. The molecule has 0 aliphatic carbocycles. The van der Waals surface area contributed by atoms with Crippen LogP contribution in [-0.2, 0) is 11.2 Å². The molecule has 1 atom stereocenters. The molecule has 3 rings (SSSR count). The van der Waals surface area contributed by atoms with Crippen LogP contribution < -0.4 is 14.8 Å². The summed E-state index contributed by atoms with van der Waals surface area (Å²) in [6, 6.07) is 16.6. The predicted molar refractivity (Wildman–Crippen MR) is 92.5 cm³/mol. The Balaban J connectivity index is 1.43. The van der Waals surface area contributed by atoms with Crippen LogP contribution in [0.15, 0.2) is 54.6 Å². The minimum Gasteiger partial charge on any atom is -0.490 e. The first-order chi connectivity index (χ1) is 11.7. The van der Waals surface area contributed by atoms with Gasteiger partial charge in [-0.25, -0.2) is 0 Å². The first-order valence-corrected chi connectivity index (χ1v) is 8.44. The molecule has 2 aromatic rings. The number of carbonyl (C=O) groups excluding carboxylic acids is 2. The predicted octanol–water partition coefficient (Wildman–Crippen LogP) is 3.04. The SMILES string of the molecule is O=C1NC(Cc2ccc(OCCOc3ccccc3)cc2)C(=O)S1. The molecular weight excluding hydrogens is 326 g/mol. The van der Waals surface area contributed by atoms with Crippen molar-refractivity contribution < 1.29 is 19.1 Å². The maximum absolute atomic E-state index is 11.6. The van der Waals surface area contributed by atoms with E-state index in [1.807, 2.05) is 54.6 Å². The van der Waals surface area contributed by atoms with E-state index in [1.165, 1.54) is 0 Å². The third-order valence-electron chi connectivity index (χ3n) is 3.50. The Morgan fingerprint density at radius 2 is 1.50 bits per heavy atom. The molecule has 2 aromatic carbocycles. The normalized spacial score (nSPS) is 16.8. The van der Waals surface area contributed by atoms with Gasteiger partial charge >= 0.3 is 0 Å². The molecule has 0 aromatic heterocycles. The van der Waals surface area contributed by atoms with E-state index in [4.69, 9.17) is 9.47 Å². The first-order valence-electron chi connectivity index (χ1n) is 7.62. The number of rotatable bonds is 7. The molecule has 124 valence electrons. The van der Waals surface area contributed by atoms with Crippen LogP contribution >= 0.6 is 11.8 Å². The number of benzene rings is 2. The molecule has 6 heteroatoms. The van der Waals surface area contributed by atoms with Crippen molar-refractivity contribution in [3.63, 3.8) is 0 Å². The second kappa shape index (κ2) is 7.88. The van der Waals surface area contributed by atoms with Crippen molar-refractivity contribution >= 4 is 22.1 Å². The number of hydrogen-bond donors (Lipinski definition) is 1. The van der Waals surface area contributed by atoms with Crippen LogP contribution in [0.1, 0.15) is 5.56 Å². The quantitative estimate of drug-likeness (QED) is 0.783. The molecule has 5 nitrogen and oxygen atoms in total. The number of nitrogens with one attached hydrogen (secondary N) is 1. The summed E-state index contributed by atoms with van der Waals surface area (Å²) in [5.74, 6) is 1.56. The van der Waals surface area contributed by atoms with Crippen LogP contribution in [-0.4, -0.2) is 29.6 Å². The first kappa shape index (κ1) is 16.4. The van der Waals surface area contributed by atoms with Gasteiger partial charge < -0.3 is 14.8 Å². The average molecular weight is 343 g/mol. The van der Waals surface area contributed by atoms with Gasteiger partial charge in [-0.05, 0) is 29.8 Å². The fourth-order valence-electron chi connectivity index (χ4n) is 2.32. The fourth-order valence-corrected chi connectivity index (χ4v) is 2.99. The molecule has 1 fully saturated rings. The smallest absolute Gasteiger partial charge is 0.287 e. The van der Waals surface area contributed by atoms with Gasteiger partial charge in [0.1, 0.15) is 30.8 Å². The lowest BCUT2D eigenvalue weighted by Gasteiger charge is -2.10. The maximum Gasteiger partial charge on any atom is 0.287 e. The third kappa shape index (κ3) is 4.52. The van der Waals surface area contributed by atoms with Crippen molar-refractivity contribution in [1.29, 1.82) is 0 Å². The van der Waals surface area contributed by atoms with Crippen molar-refractivity contribution in [2.45, 2.75) is 12.5 Å². The summed E-state index contributed by atoms with van der Waals surface area (Å²) < 4.78 is 11.2. The van der Waals surface area contributed by atoms with Crippen molar-refractivity contribution in [3.8, 4) is 11.5 Å². The molecule has 0 bridgehead atoms. The van der Waals surface area contributed by atoms with Gasteiger partial charge in [0.2, 0.25) is 5.12 Å². The zero-order valence-electron chi connectivity index (χ0n) is 12.9. The summed E-state index contributed by atoms with van der Waals surface area (Å²) in [6.45, 7) is 0.910. The molecule has 24 heavy (non-hydrogen) atoms. The van der Waals surface area contributed by atoms with Crippen LogP contribution in [0.4, 0.5) is 4.79 Å². The highest BCUT2D eigenvalue weighted by Crippen LogP contribution is 2.20. The van der Waals surface area contributed by atoms with Gasteiger partial charge in [-0.3, -0.25) is 9.59 Å². The lowest BCUT2D eigenvalue weighted by Crippen LogP contribution is -2.30. The summed E-state index contributed by atoms with van der Waals surface area (Å²) >= 11 is 0.735. The minimum absolute atomic E-state index is 0.126. The van der Waals surface area contributed by atoms with Gasteiger partial charge in [-0.1, -0.05) is 30.3 Å². The number of amides is 1. The summed E-state index contributed by atoms with van der Waals surface area (Å²) in [7, 11) is 0. The van der Waals surface area contributed by atoms with Crippen molar-refractivity contribution in [2.75, 3.05) is 13.2 Å². The lowest BCUT2D eigenvalue weighted by molar-refractivity contribution is -0.112. The largest absolute Gasteiger partial charge is 0.490 e. The Labute approximate surface area is 144 Å². The summed E-state index contributed by atoms with van der Waals surface area (Å²) in [5, 5.41) is 2.25. The highest BCUT2D eigenvalue weighted by molar-refractivity contribution is 8.26. The topological polar surface area (TPSA) is 64.6 Å². The molecule has 1 N–H and O–H groups in total. The Morgan fingerprint density at radius 1 is 0.875 bits per heavy atom. The highest BCUT2D eigenvalue weighted by atomic mass is 32.2. The summed E-state index contributed by atoms with van der Waals surface area (Å²) in [4.78, 5) is 22.7. The molecule has 0 spiro atoms. The van der Waals surface area contributed by atoms with E-state index in [2.05, 4.69) is 5.32 Å². The van der Waals surface area contributed by atoms with Crippen LogP contribution in [0.25, 0.3) is 0 Å². The van der Waals surface area contributed by atoms with Crippen molar-refractivity contribution in [3.05, 3.63) is 60.2 Å². The van der Waals surface area contributed by atoms with E-state index >= 15 is 0 Å². The van der Waals surface area contributed by atoms with Crippen LogP contribution in [0.3, 0.4) is 0 Å². The molecule has 1 amide bonds. The summed E-state index contributed by atoms with van der Waals surface area (Å²) in [6.07, 6.45) is 0.495. The van der Waals surface area contributed by atoms with Crippen LogP contribution in [0, 0.1) is 0 Å². The van der Waals surface area contributed by atoms with Gasteiger partial charge in [0.25, 0.3) is 5.24 Å². The number of thioether (sulfide) groups is 1. The molecule has 1 aliphatic rings. The second-order valence-electron chi connectivity index (χ2n) is 5.26. The lowest BCUT2D eigenvalue weighted by atomic mass is 10.1. The summed E-state index contributed by atoms with van der Waals surface area (Å²) in [5.41, 5.74) is 0.976. The van der Waals surface area contributed by atoms with E-state index in [1.54, 1.807) is 0 Å². The van der Waals surface area contributed by atoms with E-state index in [-0.39, 0.29) is 10.4 Å². The monoisotopic (exact) mass is 343 g/mol. The zero-order chi connectivity index (χ0) is 16.8. The fraction of sp³-hybridized carbons (Fsp3) is 0.222. The van der Waals surface area contributed by atoms with E-state index < -0.39 is 6.04 Å². The van der Waals surface area contributed by atoms with Crippen molar-refractivity contribution in [2.24, 2.45) is 0 Å². The molecular formula is C18H17NO4S. The third-order valence-corrected chi connectivity index (χ3v) is 4.29. The van der Waals surface area contributed by atoms with E-state index in [0.717, 1.165) is 28.8 Å². The number of carbonyl (C=O) groups is 2. The van der Waals surface area contributed by atoms with Gasteiger partial charge in [-0.15, -0.1) is 0 Å². The molecule has 1 saturated heterocycles. The van der Waals surface area contributed by atoms with Crippen LogP contribution in [0.5, 0.6) is 11.5 Å². The van der Waals surface area contributed by atoms with Gasteiger partial charge in [0, 0.05) is 18.2 Å². The van der Waals surface area contributed by atoms with Gasteiger partial charge in [0.05, 0.1) is 0 Å². The molecule has 0 saturated carbocycles. The Hall–Kier alpha value is -2.47. The van der Waals surface area contributed by atoms with E-state index in [0.29, 0.717) is 19.6 Å². The second-order valence-corrected chi connectivity index (χ2v) is 6.24. The Kier molecular flexibility index (Phi) is 5.38. The average Bonchev–Trinajstić information content (AvgIpc) is 2.91. The molecule has 0 radical (unpaired) electrons. The van der Waals surface area contributed by atoms with Crippen molar-refractivity contribution in [1.82, 2.24) is 5.32 Å². The Bertz CT molecular complexity index is 703. The number of hydrogen-bond acceptors (Lipinski definition) is 5.